The maximum atomic E-state index is 12.8. The van der Waals surface area contributed by atoms with E-state index in [2.05, 4.69) is 14.9 Å². The molecule has 130 valence electrons. The first-order valence-corrected chi connectivity index (χ1v) is 8.24. The van der Waals surface area contributed by atoms with Crippen LogP contribution < -0.4 is 4.90 Å². The molecule has 2 saturated heterocycles. The zero-order valence-electron chi connectivity index (χ0n) is 14.1. The van der Waals surface area contributed by atoms with Crippen molar-refractivity contribution in [3.8, 4) is 0 Å². The summed E-state index contributed by atoms with van der Waals surface area (Å²) in [7, 11) is 0. The van der Waals surface area contributed by atoms with Crippen LogP contribution in [0.4, 0.5) is 5.82 Å². The molecule has 1 atom stereocenters. The van der Waals surface area contributed by atoms with Gasteiger partial charge in [-0.3, -0.25) is 9.59 Å². The zero-order valence-corrected chi connectivity index (χ0v) is 14.1. The van der Waals surface area contributed by atoms with Crippen LogP contribution in [-0.2, 0) is 14.3 Å². The van der Waals surface area contributed by atoms with Gasteiger partial charge in [-0.1, -0.05) is 0 Å². The number of carbonyl (C=O) groups is 2. The average Bonchev–Trinajstić information content (AvgIpc) is 2.61. The summed E-state index contributed by atoms with van der Waals surface area (Å²) in [5.41, 5.74) is 0. The second-order valence-corrected chi connectivity index (χ2v) is 6.08. The van der Waals surface area contributed by atoms with Crippen LogP contribution in [0.3, 0.4) is 0 Å². The van der Waals surface area contributed by atoms with Crippen LogP contribution in [0.1, 0.15) is 12.7 Å². The normalized spacial score (nSPS) is 21.8. The summed E-state index contributed by atoms with van der Waals surface area (Å²) in [5, 5.41) is 0. The number of aryl methyl sites for hydroxylation is 1. The SMILES string of the molecule is CC(=O)N1CCOCC1C(=O)N1CCN(c2ccnc(C)n2)CC1. The highest BCUT2D eigenvalue weighted by molar-refractivity contribution is 5.87. The van der Waals surface area contributed by atoms with Crippen LogP contribution in [0, 0.1) is 6.92 Å². The number of hydrogen-bond acceptors (Lipinski definition) is 6. The third-order valence-electron chi connectivity index (χ3n) is 4.49. The molecule has 0 saturated carbocycles. The highest BCUT2D eigenvalue weighted by atomic mass is 16.5. The predicted octanol–water partition coefficient (Wildman–Crippen LogP) is -0.319. The maximum absolute atomic E-state index is 12.8. The summed E-state index contributed by atoms with van der Waals surface area (Å²) in [6.45, 7) is 7.28. The van der Waals surface area contributed by atoms with Gasteiger partial charge in [0.2, 0.25) is 11.8 Å². The molecule has 1 unspecified atom stereocenters. The average molecular weight is 333 g/mol. The molecule has 2 aliphatic rings. The highest BCUT2D eigenvalue weighted by Gasteiger charge is 2.35. The van der Waals surface area contributed by atoms with E-state index < -0.39 is 6.04 Å². The molecule has 0 spiro atoms. The number of morpholine rings is 1. The van der Waals surface area contributed by atoms with Gasteiger partial charge < -0.3 is 19.4 Å². The number of nitrogens with zero attached hydrogens (tertiary/aromatic N) is 5. The Morgan fingerprint density at radius 1 is 1.21 bits per heavy atom. The molecule has 1 aromatic heterocycles. The fraction of sp³-hybridized carbons (Fsp3) is 0.625. The van der Waals surface area contributed by atoms with Gasteiger partial charge in [0.05, 0.1) is 13.2 Å². The molecule has 2 amide bonds. The van der Waals surface area contributed by atoms with Gasteiger partial charge in [-0.05, 0) is 13.0 Å². The highest BCUT2D eigenvalue weighted by Crippen LogP contribution is 2.16. The minimum atomic E-state index is -0.496. The first kappa shape index (κ1) is 16.6. The zero-order chi connectivity index (χ0) is 17.1. The van der Waals surface area contributed by atoms with E-state index in [9.17, 15) is 9.59 Å². The Kier molecular flexibility index (Phi) is 4.94. The van der Waals surface area contributed by atoms with E-state index in [1.165, 1.54) is 6.92 Å². The lowest BCUT2D eigenvalue weighted by atomic mass is 10.1. The van der Waals surface area contributed by atoms with Gasteiger partial charge in [0.15, 0.2) is 0 Å². The number of rotatable bonds is 2. The van der Waals surface area contributed by atoms with Crippen molar-refractivity contribution in [1.82, 2.24) is 19.8 Å². The largest absolute Gasteiger partial charge is 0.377 e. The van der Waals surface area contributed by atoms with Gasteiger partial charge >= 0.3 is 0 Å². The topological polar surface area (TPSA) is 78.9 Å². The van der Waals surface area contributed by atoms with Crippen molar-refractivity contribution in [2.75, 3.05) is 50.8 Å². The quantitative estimate of drug-likeness (QED) is 0.738. The van der Waals surface area contributed by atoms with Crippen molar-refractivity contribution in [2.24, 2.45) is 0 Å². The van der Waals surface area contributed by atoms with Crippen molar-refractivity contribution >= 4 is 17.6 Å². The van der Waals surface area contributed by atoms with Crippen molar-refractivity contribution in [2.45, 2.75) is 19.9 Å². The number of carbonyl (C=O) groups excluding carboxylic acids is 2. The fourth-order valence-electron chi connectivity index (χ4n) is 3.17. The summed E-state index contributed by atoms with van der Waals surface area (Å²) >= 11 is 0. The first-order valence-electron chi connectivity index (χ1n) is 8.24. The number of amides is 2. The molecule has 0 bridgehead atoms. The van der Waals surface area contributed by atoms with Crippen LogP contribution in [0.15, 0.2) is 12.3 Å². The van der Waals surface area contributed by atoms with Crippen molar-refractivity contribution in [1.29, 1.82) is 0 Å². The second-order valence-electron chi connectivity index (χ2n) is 6.08. The third kappa shape index (κ3) is 3.48. The van der Waals surface area contributed by atoms with E-state index in [1.807, 2.05) is 17.9 Å². The van der Waals surface area contributed by atoms with Gasteiger partial charge in [-0.2, -0.15) is 0 Å². The lowest BCUT2D eigenvalue weighted by Gasteiger charge is -2.40. The maximum Gasteiger partial charge on any atom is 0.247 e. The number of ether oxygens (including phenoxy) is 1. The molecule has 2 fully saturated rings. The summed E-state index contributed by atoms with van der Waals surface area (Å²) < 4.78 is 5.41. The molecule has 8 heteroatoms. The molecular weight excluding hydrogens is 310 g/mol. The second kappa shape index (κ2) is 7.12. The third-order valence-corrected chi connectivity index (χ3v) is 4.49. The van der Waals surface area contributed by atoms with Gasteiger partial charge in [-0.25, -0.2) is 9.97 Å². The summed E-state index contributed by atoms with van der Waals surface area (Å²) in [6.07, 6.45) is 1.75. The molecule has 3 rings (SSSR count). The van der Waals surface area contributed by atoms with E-state index in [0.717, 1.165) is 24.7 Å². The Hall–Kier alpha value is -2.22. The Balaban J connectivity index is 1.61. The minimum absolute atomic E-state index is 0.0246. The number of aromatic nitrogens is 2. The Morgan fingerprint density at radius 2 is 1.96 bits per heavy atom. The fourth-order valence-corrected chi connectivity index (χ4v) is 3.17. The van der Waals surface area contributed by atoms with E-state index >= 15 is 0 Å². The molecule has 1 aromatic rings. The molecule has 0 aromatic carbocycles. The van der Waals surface area contributed by atoms with Gasteiger partial charge in [0.1, 0.15) is 17.7 Å². The molecule has 0 radical (unpaired) electrons. The smallest absolute Gasteiger partial charge is 0.247 e. The Morgan fingerprint density at radius 3 is 2.62 bits per heavy atom. The Labute approximate surface area is 141 Å². The van der Waals surface area contributed by atoms with Gasteiger partial charge in [0, 0.05) is 45.8 Å². The van der Waals surface area contributed by atoms with E-state index in [0.29, 0.717) is 26.2 Å². The molecule has 8 nitrogen and oxygen atoms in total. The predicted molar refractivity (Wildman–Crippen MR) is 87.6 cm³/mol. The molecule has 24 heavy (non-hydrogen) atoms. The molecule has 3 heterocycles. The van der Waals surface area contributed by atoms with Crippen LogP contribution >= 0.6 is 0 Å². The molecular formula is C16H23N5O3. The number of anilines is 1. The van der Waals surface area contributed by atoms with Crippen molar-refractivity contribution in [3.63, 3.8) is 0 Å². The van der Waals surface area contributed by atoms with Crippen molar-refractivity contribution < 1.29 is 14.3 Å². The molecule has 0 N–H and O–H groups in total. The molecule has 0 aliphatic carbocycles. The lowest BCUT2D eigenvalue weighted by molar-refractivity contribution is -0.153. The van der Waals surface area contributed by atoms with E-state index in [1.54, 1.807) is 11.1 Å². The minimum Gasteiger partial charge on any atom is -0.377 e. The summed E-state index contributed by atoms with van der Waals surface area (Å²) in [6, 6.07) is 1.39. The number of piperazine rings is 1. The number of hydrogen-bond donors (Lipinski definition) is 0. The van der Waals surface area contributed by atoms with Crippen molar-refractivity contribution in [3.05, 3.63) is 18.1 Å². The summed E-state index contributed by atoms with van der Waals surface area (Å²) in [5.74, 6) is 1.53. The standard InChI is InChI=1S/C16H23N5O3/c1-12-17-4-3-15(18-12)19-5-7-20(8-6-19)16(23)14-11-24-10-9-21(14)13(2)22/h3-4,14H,5-11H2,1-2H3. The first-order chi connectivity index (χ1) is 11.6. The lowest BCUT2D eigenvalue weighted by Crippen LogP contribution is -2.59. The van der Waals surface area contributed by atoms with E-state index in [4.69, 9.17) is 4.74 Å². The van der Waals surface area contributed by atoms with Crippen LogP contribution in [0.25, 0.3) is 0 Å². The van der Waals surface area contributed by atoms with Gasteiger partial charge in [-0.15, -0.1) is 0 Å². The summed E-state index contributed by atoms with van der Waals surface area (Å²) in [4.78, 5) is 38.6. The van der Waals surface area contributed by atoms with E-state index in [-0.39, 0.29) is 18.4 Å². The van der Waals surface area contributed by atoms with Crippen LogP contribution in [-0.4, -0.2) is 83.6 Å². The van der Waals surface area contributed by atoms with Crippen LogP contribution in [0.2, 0.25) is 0 Å². The molecule has 2 aliphatic heterocycles. The monoisotopic (exact) mass is 333 g/mol. The Bertz CT molecular complexity index is 615. The van der Waals surface area contributed by atoms with Crippen LogP contribution in [0.5, 0.6) is 0 Å². The van der Waals surface area contributed by atoms with Gasteiger partial charge in [0.25, 0.3) is 0 Å².